The van der Waals surface area contributed by atoms with Crippen LogP contribution in [0.5, 0.6) is 0 Å². The van der Waals surface area contributed by atoms with E-state index in [1.807, 2.05) is 13.0 Å². The molecular formula is C15H17NOS. The highest BCUT2D eigenvalue weighted by atomic mass is 32.2. The third-order valence-corrected chi connectivity index (χ3v) is 3.80. The van der Waals surface area contributed by atoms with E-state index in [4.69, 9.17) is 0 Å². The molecule has 2 nitrogen and oxygen atoms in total. The highest BCUT2D eigenvalue weighted by Gasteiger charge is 2.08. The van der Waals surface area contributed by atoms with Crippen LogP contribution in [0, 0.1) is 13.8 Å². The number of benzene rings is 1. The number of aliphatic hydroxyl groups excluding tert-OH is 1. The Morgan fingerprint density at radius 2 is 1.83 bits per heavy atom. The number of rotatable bonds is 4. The topological polar surface area (TPSA) is 33.1 Å². The fraction of sp³-hybridized carbons (Fsp3) is 0.267. The molecule has 0 amide bonds. The van der Waals surface area contributed by atoms with E-state index in [0.29, 0.717) is 5.75 Å². The Balaban J connectivity index is 1.96. The SMILES string of the molecule is Cc1ccc(SCC(O)c2cncc(C)c2)cc1. The van der Waals surface area contributed by atoms with E-state index in [1.165, 1.54) is 10.5 Å². The molecule has 94 valence electrons. The van der Waals surface area contributed by atoms with E-state index in [0.717, 1.165) is 11.1 Å². The molecule has 2 rings (SSSR count). The molecule has 3 heteroatoms. The van der Waals surface area contributed by atoms with Gasteiger partial charge in [0.25, 0.3) is 0 Å². The second-order valence-electron chi connectivity index (χ2n) is 4.44. The summed E-state index contributed by atoms with van der Waals surface area (Å²) in [5, 5.41) is 10.1. The van der Waals surface area contributed by atoms with Crippen molar-refractivity contribution in [3.05, 3.63) is 59.4 Å². The van der Waals surface area contributed by atoms with Gasteiger partial charge in [-0.05, 0) is 37.1 Å². The van der Waals surface area contributed by atoms with Crippen LogP contribution < -0.4 is 0 Å². The number of aromatic nitrogens is 1. The molecule has 0 aliphatic carbocycles. The van der Waals surface area contributed by atoms with Crippen LogP contribution in [-0.2, 0) is 0 Å². The lowest BCUT2D eigenvalue weighted by Crippen LogP contribution is -2.01. The van der Waals surface area contributed by atoms with Crippen LogP contribution in [0.25, 0.3) is 0 Å². The van der Waals surface area contributed by atoms with Gasteiger partial charge in [-0.2, -0.15) is 0 Å². The molecule has 18 heavy (non-hydrogen) atoms. The fourth-order valence-electron chi connectivity index (χ4n) is 1.67. The van der Waals surface area contributed by atoms with Crippen LogP contribution in [0.4, 0.5) is 0 Å². The Labute approximate surface area is 112 Å². The van der Waals surface area contributed by atoms with Crippen LogP contribution in [0.2, 0.25) is 0 Å². The third kappa shape index (κ3) is 3.59. The molecule has 0 spiro atoms. The first-order valence-electron chi connectivity index (χ1n) is 5.94. The zero-order valence-corrected chi connectivity index (χ0v) is 11.4. The predicted molar refractivity (Wildman–Crippen MR) is 75.8 cm³/mol. The number of thioether (sulfide) groups is 1. The Kier molecular flexibility index (Phi) is 4.39. The highest BCUT2D eigenvalue weighted by molar-refractivity contribution is 7.99. The van der Waals surface area contributed by atoms with Crippen LogP contribution in [0.1, 0.15) is 22.8 Å². The standard InChI is InChI=1S/C15H17NOS/c1-11-3-5-14(6-4-11)18-10-15(17)13-7-12(2)8-16-9-13/h3-9,15,17H,10H2,1-2H3. The first-order valence-corrected chi connectivity index (χ1v) is 6.93. The van der Waals surface area contributed by atoms with Crippen molar-refractivity contribution >= 4 is 11.8 Å². The molecule has 1 aromatic carbocycles. The van der Waals surface area contributed by atoms with Crippen molar-refractivity contribution in [2.45, 2.75) is 24.8 Å². The van der Waals surface area contributed by atoms with Gasteiger partial charge in [-0.3, -0.25) is 4.98 Å². The average molecular weight is 259 g/mol. The molecule has 1 N–H and O–H groups in total. The summed E-state index contributed by atoms with van der Waals surface area (Å²) in [7, 11) is 0. The van der Waals surface area contributed by atoms with Gasteiger partial charge in [0.2, 0.25) is 0 Å². The van der Waals surface area contributed by atoms with Crippen molar-refractivity contribution in [3.63, 3.8) is 0 Å². The summed E-state index contributed by atoms with van der Waals surface area (Å²) in [4.78, 5) is 5.28. The van der Waals surface area contributed by atoms with Crippen LogP contribution in [0.3, 0.4) is 0 Å². The minimum Gasteiger partial charge on any atom is -0.387 e. The lowest BCUT2D eigenvalue weighted by Gasteiger charge is -2.10. The molecule has 1 aromatic heterocycles. The van der Waals surface area contributed by atoms with Gasteiger partial charge in [-0.1, -0.05) is 23.8 Å². The quantitative estimate of drug-likeness (QED) is 0.853. The lowest BCUT2D eigenvalue weighted by atomic mass is 10.1. The molecule has 2 aromatic rings. The van der Waals surface area contributed by atoms with E-state index in [1.54, 1.807) is 24.2 Å². The Morgan fingerprint density at radius 3 is 2.50 bits per heavy atom. The third-order valence-electron chi connectivity index (χ3n) is 2.71. The molecular weight excluding hydrogens is 242 g/mol. The maximum absolute atomic E-state index is 10.1. The highest BCUT2D eigenvalue weighted by Crippen LogP contribution is 2.24. The van der Waals surface area contributed by atoms with E-state index in [2.05, 4.69) is 36.2 Å². The maximum atomic E-state index is 10.1. The number of pyridine rings is 1. The summed E-state index contributed by atoms with van der Waals surface area (Å²) in [5.74, 6) is 0.647. The maximum Gasteiger partial charge on any atom is 0.0898 e. The summed E-state index contributed by atoms with van der Waals surface area (Å²) >= 11 is 1.66. The summed E-state index contributed by atoms with van der Waals surface area (Å²) < 4.78 is 0. The van der Waals surface area contributed by atoms with E-state index in [9.17, 15) is 5.11 Å². The summed E-state index contributed by atoms with van der Waals surface area (Å²) in [6, 6.07) is 10.3. The van der Waals surface area contributed by atoms with Crippen molar-refractivity contribution in [1.82, 2.24) is 4.98 Å². The largest absolute Gasteiger partial charge is 0.387 e. The van der Waals surface area contributed by atoms with Crippen LogP contribution in [-0.4, -0.2) is 15.8 Å². The van der Waals surface area contributed by atoms with Gasteiger partial charge in [-0.25, -0.2) is 0 Å². The summed E-state index contributed by atoms with van der Waals surface area (Å²) in [6.07, 6.45) is 3.06. The van der Waals surface area contributed by atoms with Crippen LogP contribution >= 0.6 is 11.8 Å². The summed E-state index contributed by atoms with van der Waals surface area (Å²) in [5.41, 5.74) is 3.21. The monoisotopic (exact) mass is 259 g/mol. The van der Waals surface area contributed by atoms with Gasteiger partial charge in [0, 0.05) is 23.0 Å². The first-order chi connectivity index (χ1) is 8.65. The molecule has 1 unspecified atom stereocenters. The minimum absolute atomic E-state index is 0.469. The van der Waals surface area contributed by atoms with Gasteiger partial charge in [0.1, 0.15) is 0 Å². The van der Waals surface area contributed by atoms with Crippen molar-refractivity contribution in [2.75, 3.05) is 5.75 Å². The van der Waals surface area contributed by atoms with E-state index < -0.39 is 6.10 Å². The van der Waals surface area contributed by atoms with E-state index in [-0.39, 0.29) is 0 Å². The summed E-state index contributed by atoms with van der Waals surface area (Å²) in [6.45, 7) is 4.05. The van der Waals surface area contributed by atoms with Crippen molar-refractivity contribution in [2.24, 2.45) is 0 Å². The van der Waals surface area contributed by atoms with Crippen LogP contribution in [0.15, 0.2) is 47.6 Å². The minimum atomic E-state index is -0.469. The fourth-order valence-corrected chi connectivity index (χ4v) is 2.54. The predicted octanol–water partition coefficient (Wildman–Crippen LogP) is 3.52. The number of hydrogen-bond acceptors (Lipinski definition) is 3. The second-order valence-corrected chi connectivity index (χ2v) is 5.53. The second kappa shape index (κ2) is 6.03. The van der Waals surface area contributed by atoms with Crippen molar-refractivity contribution in [1.29, 1.82) is 0 Å². The molecule has 0 saturated carbocycles. The number of aryl methyl sites for hydroxylation is 2. The molecule has 0 bridgehead atoms. The number of aliphatic hydroxyl groups is 1. The number of hydrogen-bond donors (Lipinski definition) is 1. The van der Waals surface area contributed by atoms with Gasteiger partial charge >= 0.3 is 0 Å². The van der Waals surface area contributed by atoms with Gasteiger partial charge in [0.05, 0.1) is 6.10 Å². The molecule has 0 saturated heterocycles. The normalized spacial score (nSPS) is 12.4. The van der Waals surface area contributed by atoms with Crippen molar-refractivity contribution < 1.29 is 5.11 Å². The Hall–Kier alpha value is -1.32. The molecule has 0 radical (unpaired) electrons. The van der Waals surface area contributed by atoms with Crippen molar-refractivity contribution in [3.8, 4) is 0 Å². The Bertz CT molecular complexity index is 510. The smallest absolute Gasteiger partial charge is 0.0898 e. The lowest BCUT2D eigenvalue weighted by molar-refractivity contribution is 0.203. The first kappa shape index (κ1) is 13.1. The molecule has 0 fully saturated rings. The average Bonchev–Trinajstić information content (AvgIpc) is 2.38. The molecule has 1 heterocycles. The molecule has 0 aliphatic rings. The molecule has 1 atom stereocenters. The van der Waals surface area contributed by atoms with Gasteiger partial charge in [0.15, 0.2) is 0 Å². The molecule has 0 aliphatic heterocycles. The van der Waals surface area contributed by atoms with E-state index >= 15 is 0 Å². The van der Waals surface area contributed by atoms with Gasteiger partial charge in [-0.15, -0.1) is 11.8 Å². The zero-order chi connectivity index (χ0) is 13.0. The van der Waals surface area contributed by atoms with Gasteiger partial charge < -0.3 is 5.11 Å². The zero-order valence-electron chi connectivity index (χ0n) is 10.6. The number of nitrogens with zero attached hydrogens (tertiary/aromatic N) is 1. The Morgan fingerprint density at radius 1 is 1.11 bits per heavy atom.